The van der Waals surface area contributed by atoms with Gasteiger partial charge in [0.1, 0.15) is 0 Å². The topological polar surface area (TPSA) is 24.5 Å². The highest BCUT2D eigenvalue weighted by Gasteiger charge is 2.32. The smallest absolute Gasteiger partial charge is 0.0594 e. The molecule has 2 rings (SSSR count). The average Bonchev–Trinajstić information content (AvgIpc) is 2.04. The highest BCUT2D eigenvalue weighted by atomic mass is 16.5. The first-order valence-electron chi connectivity index (χ1n) is 4.43. The van der Waals surface area contributed by atoms with E-state index in [9.17, 15) is 0 Å². The zero-order valence-electron chi connectivity index (χ0n) is 7.05. The van der Waals surface area contributed by atoms with Gasteiger partial charge in [0.2, 0.25) is 0 Å². The van der Waals surface area contributed by atoms with Crippen LogP contribution in [0.1, 0.15) is 6.92 Å². The fourth-order valence-corrected chi connectivity index (χ4v) is 1.81. The molecule has 0 unspecified atom stereocenters. The second-order valence-electron chi connectivity index (χ2n) is 3.41. The third-order valence-electron chi connectivity index (χ3n) is 2.74. The highest BCUT2D eigenvalue weighted by molar-refractivity contribution is 4.93. The second-order valence-corrected chi connectivity index (χ2v) is 3.41. The Morgan fingerprint density at radius 3 is 2.55 bits per heavy atom. The number of nitrogens with one attached hydrogen (secondary N) is 1. The molecular formula is C8H16N2O. The van der Waals surface area contributed by atoms with Gasteiger partial charge in [0.15, 0.2) is 0 Å². The van der Waals surface area contributed by atoms with Crippen LogP contribution in [0.5, 0.6) is 0 Å². The van der Waals surface area contributed by atoms with E-state index in [1.807, 2.05) is 0 Å². The third-order valence-corrected chi connectivity index (χ3v) is 2.74. The fourth-order valence-electron chi connectivity index (χ4n) is 1.81. The van der Waals surface area contributed by atoms with Crippen molar-refractivity contribution in [1.82, 2.24) is 10.2 Å². The first-order valence-corrected chi connectivity index (χ1v) is 4.43. The van der Waals surface area contributed by atoms with Crippen molar-refractivity contribution in [3.8, 4) is 0 Å². The Bertz CT molecular complexity index is 134. The average molecular weight is 156 g/mol. The van der Waals surface area contributed by atoms with Gasteiger partial charge in [0, 0.05) is 31.7 Å². The number of morpholine rings is 1. The van der Waals surface area contributed by atoms with Crippen LogP contribution in [0.15, 0.2) is 0 Å². The van der Waals surface area contributed by atoms with Gasteiger partial charge in [-0.3, -0.25) is 4.90 Å². The Balaban J connectivity index is 1.83. The van der Waals surface area contributed by atoms with Crippen molar-refractivity contribution < 1.29 is 4.74 Å². The zero-order valence-corrected chi connectivity index (χ0v) is 7.05. The van der Waals surface area contributed by atoms with Crippen LogP contribution < -0.4 is 5.32 Å². The lowest BCUT2D eigenvalue weighted by Gasteiger charge is -2.45. The third kappa shape index (κ3) is 1.41. The van der Waals surface area contributed by atoms with Crippen LogP contribution in [0.4, 0.5) is 0 Å². The monoisotopic (exact) mass is 156 g/mol. The van der Waals surface area contributed by atoms with E-state index in [0.717, 1.165) is 32.3 Å². The molecule has 3 heteroatoms. The van der Waals surface area contributed by atoms with Gasteiger partial charge in [-0.25, -0.2) is 0 Å². The van der Waals surface area contributed by atoms with Crippen molar-refractivity contribution in [2.24, 2.45) is 0 Å². The van der Waals surface area contributed by atoms with Crippen LogP contribution in [0.2, 0.25) is 0 Å². The number of rotatable bonds is 1. The van der Waals surface area contributed by atoms with E-state index in [0.29, 0.717) is 6.04 Å². The summed E-state index contributed by atoms with van der Waals surface area (Å²) in [5.74, 6) is 0. The summed E-state index contributed by atoms with van der Waals surface area (Å²) in [4.78, 5) is 2.53. The molecule has 0 saturated carbocycles. The standard InChI is InChI=1S/C8H16N2O/c1-7-8(6-9-7)10-2-4-11-5-3-10/h7-9H,2-6H2,1H3/t7-,8-/m1/s1. The zero-order chi connectivity index (χ0) is 7.68. The summed E-state index contributed by atoms with van der Waals surface area (Å²) in [5.41, 5.74) is 0. The number of hydrogen-bond acceptors (Lipinski definition) is 3. The molecule has 64 valence electrons. The maximum absolute atomic E-state index is 5.29. The molecule has 3 nitrogen and oxygen atoms in total. The molecule has 2 aliphatic rings. The Kier molecular flexibility index (Phi) is 2.11. The van der Waals surface area contributed by atoms with Crippen molar-refractivity contribution in [3.63, 3.8) is 0 Å². The minimum Gasteiger partial charge on any atom is -0.379 e. The summed E-state index contributed by atoms with van der Waals surface area (Å²) >= 11 is 0. The summed E-state index contributed by atoms with van der Waals surface area (Å²) in [6.07, 6.45) is 0. The van der Waals surface area contributed by atoms with E-state index in [1.54, 1.807) is 0 Å². The SMILES string of the molecule is C[C@H]1NC[C@H]1N1CCOCC1. The van der Waals surface area contributed by atoms with Gasteiger partial charge < -0.3 is 10.1 Å². The van der Waals surface area contributed by atoms with Crippen molar-refractivity contribution in [3.05, 3.63) is 0 Å². The maximum Gasteiger partial charge on any atom is 0.0594 e. The van der Waals surface area contributed by atoms with Crippen molar-refractivity contribution in [1.29, 1.82) is 0 Å². The summed E-state index contributed by atoms with van der Waals surface area (Å²) in [6.45, 7) is 7.50. The van der Waals surface area contributed by atoms with Gasteiger partial charge in [-0.05, 0) is 6.92 Å². The Morgan fingerprint density at radius 1 is 1.36 bits per heavy atom. The van der Waals surface area contributed by atoms with Crippen LogP contribution in [-0.2, 0) is 4.74 Å². The van der Waals surface area contributed by atoms with E-state index in [1.165, 1.54) is 6.54 Å². The Hall–Kier alpha value is -0.120. The fraction of sp³-hybridized carbons (Fsp3) is 1.00. The first-order chi connectivity index (χ1) is 5.38. The van der Waals surface area contributed by atoms with Crippen LogP contribution in [-0.4, -0.2) is 49.8 Å². The Labute approximate surface area is 67.7 Å². The van der Waals surface area contributed by atoms with Crippen LogP contribution in [0, 0.1) is 0 Å². The second kappa shape index (κ2) is 3.09. The minimum atomic E-state index is 0.688. The predicted molar refractivity (Wildman–Crippen MR) is 43.6 cm³/mol. The molecular weight excluding hydrogens is 140 g/mol. The molecule has 0 aromatic carbocycles. The van der Waals surface area contributed by atoms with E-state index >= 15 is 0 Å². The normalized spacial score (nSPS) is 40.1. The molecule has 0 aliphatic carbocycles. The van der Waals surface area contributed by atoms with E-state index < -0.39 is 0 Å². The summed E-state index contributed by atoms with van der Waals surface area (Å²) in [5, 5.41) is 3.37. The molecule has 0 aromatic heterocycles. The van der Waals surface area contributed by atoms with Crippen LogP contribution in [0.25, 0.3) is 0 Å². The molecule has 0 amide bonds. The van der Waals surface area contributed by atoms with Gasteiger partial charge in [0.25, 0.3) is 0 Å². The molecule has 2 saturated heterocycles. The van der Waals surface area contributed by atoms with Gasteiger partial charge >= 0.3 is 0 Å². The van der Waals surface area contributed by atoms with Crippen molar-refractivity contribution in [2.45, 2.75) is 19.0 Å². The number of ether oxygens (including phenoxy) is 1. The van der Waals surface area contributed by atoms with Crippen LogP contribution in [0.3, 0.4) is 0 Å². The summed E-state index contributed by atoms with van der Waals surface area (Å²) in [6, 6.07) is 1.46. The molecule has 1 N–H and O–H groups in total. The quantitative estimate of drug-likeness (QED) is 0.563. The molecule has 0 aromatic rings. The molecule has 2 aliphatic heterocycles. The van der Waals surface area contributed by atoms with E-state index in [-0.39, 0.29) is 0 Å². The first kappa shape index (κ1) is 7.53. The number of nitrogens with zero attached hydrogens (tertiary/aromatic N) is 1. The van der Waals surface area contributed by atoms with Crippen molar-refractivity contribution in [2.75, 3.05) is 32.8 Å². The Morgan fingerprint density at radius 2 is 2.09 bits per heavy atom. The molecule has 11 heavy (non-hydrogen) atoms. The van der Waals surface area contributed by atoms with Crippen molar-refractivity contribution >= 4 is 0 Å². The van der Waals surface area contributed by atoms with Gasteiger partial charge in [-0.15, -0.1) is 0 Å². The minimum absolute atomic E-state index is 0.688. The molecule has 2 atom stereocenters. The lowest BCUT2D eigenvalue weighted by Crippen LogP contribution is -2.65. The molecule has 2 fully saturated rings. The summed E-state index contributed by atoms with van der Waals surface area (Å²) in [7, 11) is 0. The largest absolute Gasteiger partial charge is 0.379 e. The molecule has 2 heterocycles. The van der Waals surface area contributed by atoms with Crippen LogP contribution >= 0.6 is 0 Å². The molecule has 0 bridgehead atoms. The van der Waals surface area contributed by atoms with Gasteiger partial charge in [-0.1, -0.05) is 0 Å². The lowest BCUT2D eigenvalue weighted by molar-refractivity contribution is -0.00777. The summed E-state index contributed by atoms with van der Waals surface area (Å²) < 4.78 is 5.29. The number of hydrogen-bond donors (Lipinski definition) is 1. The highest BCUT2D eigenvalue weighted by Crippen LogP contribution is 2.13. The van der Waals surface area contributed by atoms with E-state index in [2.05, 4.69) is 17.1 Å². The molecule has 0 spiro atoms. The van der Waals surface area contributed by atoms with E-state index in [4.69, 9.17) is 4.74 Å². The predicted octanol–water partition coefficient (Wildman–Crippen LogP) is -0.321. The molecule has 0 radical (unpaired) electrons. The lowest BCUT2D eigenvalue weighted by atomic mass is 10.0. The van der Waals surface area contributed by atoms with Gasteiger partial charge in [-0.2, -0.15) is 0 Å². The maximum atomic E-state index is 5.29. The van der Waals surface area contributed by atoms with Gasteiger partial charge in [0.05, 0.1) is 13.2 Å².